The van der Waals surface area contributed by atoms with Gasteiger partial charge in [-0.15, -0.1) is 0 Å². The topological polar surface area (TPSA) is 71.3 Å². The van der Waals surface area contributed by atoms with Gasteiger partial charge in [-0.3, -0.25) is 9.36 Å². The predicted octanol–water partition coefficient (Wildman–Crippen LogP) is 4.31. The van der Waals surface area contributed by atoms with Crippen molar-refractivity contribution in [2.45, 2.75) is 12.5 Å². The van der Waals surface area contributed by atoms with Crippen LogP contribution in [0.25, 0.3) is 21.9 Å². The molecular formula is C25H20N2O3. The van der Waals surface area contributed by atoms with Crippen molar-refractivity contribution in [1.82, 2.24) is 4.57 Å². The van der Waals surface area contributed by atoms with Crippen LogP contribution in [-0.4, -0.2) is 22.2 Å². The largest absolute Gasteiger partial charge is 0.480 e. The summed E-state index contributed by atoms with van der Waals surface area (Å²) in [5, 5.41) is 15.1. The number of hydrogen-bond acceptors (Lipinski definition) is 3. The summed E-state index contributed by atoms with van der Waals surface area (Å²) in [4.78, 5) is 24.6. The van der Waals surface area contributed by atoms with E-state index < -0.39 is 12.0 Å². The van der Waals surface area contributed by atoms with Gasteiger partial charge in [0.05, 0.1) is 0 Å². The van der Waals surface area contributed by atoms with E-state index in [-0.39, 0.29) is 12.1 Å². The van der Waals surface area contributed by atoms with E-state index in [4.69, 9.17) is 0 Å². The number of pyridine rings is 1. The second-order valence-corrected chi connectivity index (χ2v) is 7.52. The Morgan fingerprint density at radius 2 is 1.70 bits per heavy atom. The van der Waals surface area contributed by atoms with E-state index >= 15 is 0 Å². The summed E-state index contributed by atoms with van der Waals surface area (Å²) in [6, 6.07) is 24.9. The maximum absolute atomic E-state index is 12.9. The van der Waals surface area contributed by atoms with Crippen LogP contribution in [0.5, 0.6) is 0 Å². The van der Waals surface area contributed by atoms with Crippen LogP contribution in [0.2, 0.25) is 0 Å². The molecule has 1 aliphatic heterocycles. The van der Waals surface area contributed by atoms with Crippen molar-refractivity contribution in [3.63, 3.8) is 0 Å². The number of carboxylic acid groups (broad SMARTS) is 1. The quantitative estimate of drug-likeness (QED) is 0.539. The SMILES string of the molecule is O=C(O)[C@@H]1CNc2c(-c3ccccc3)c(Cc3cccc4ccccc34)cc(=O)n21. The normalized spacial score (nSPS) is 15.0. The summed E-state index contributed by atoms with van der Waals surface area (Å²) in [6.45, 7) is 0.197. The van der Waals surface area contributed by atoms with E-state index in [1.807, 2.05) is 48.5 Å². The van der Waals surface area contributed by atoms with Crippen molar-refractivity contribution < 1.29 is 9.90 Å². The number of rotatable bonds is 4. The Kier molecular flexibility index (Phi) is 4.36. The fourth-order valence-corrected chi connectivity index (χ4v) is 4.36. The highest BCUT2D eigenvalue weighted by atomic mass is 16.4. The Morgan fingerprint density at radius 3 is 2.50 bits per heavy atom. The maximum atomic E-state index is 12.9. The molecule has 0 amide bonds. The van der Waals surface area contributed by atoms with Crippen LogP contribution < -0.4 is 10.9 Å². The standard InChI is InChI=1S/C25H20N2O3/c28-22-14-19(13-18-11-6-10-16-7-4-5-12-20(16)18)23(17-8-2-1-3-9-17)24-26-15-21(25(29)30)27(22)24/h1-12,14,21,26H,13,15H2,(H,29,30)/t21-/m0/s1. The first-order valence-corrected chi connectivity index (χ1v) is 9.90. The molecule has 1 atom stereocenters. The molecule has 0 saturated carbocycles. The number of aliphatic carboxylic acids is 1. The minimum Gasteiger partial charge on any atom is -0.480 e. The summed E-state index contributed by atoms with van der Waals surface area (Å²) < 4.78 is 1.37. The van der Waals surface area contributed by atoms with E-state index in [0.717, 1.165) is 33.0 Å². The first-order chi connectivity index (χ1) is 14.6. The monoisotopic (exact) mass is 396 g/mol. The molecule has 5 rings (SSSR count). The average molecular weight is 396 g/mol. The zero-order valence-electron chi connectivity index (χ0n) is 16.2. The van der Waals surface area contributed by atoms with E-state index in [9.17, 15) is 14.7 Å². The highest BCUT2D eigenvalue weighted by Crippen LogP contribution is 2.37. The molecule has 1 aromatic heterocycles. The molecular weight excluding hydrogens is 376 g/mol. The minimum atomic E-state index is -1.01. The number of carbonyl (C=O) groups is 1. The van der Waals surface area contributed by atoms with Gasteiger partial charge >= 0.3 is 5.97 Å². The Bertz CT molecular complexity index is 1320. The summed E-state index contributed by atoms with van der Waals surface area (Å²) in [6.07, 6.45) is 0.577. The van der Waals surface area contributed by atoms with Crippen molar-refractivity contribution >= 4 is 22.6 Å². The Morgan fingerprint density at radius 1 is 0.967 bits per heavy atom. The molecule has 1 aliphatic rings. The van der Waals surface area contributed by atoms with Gasteiger partial charge in [0.25, 0.3) is 5.56 Å². The summed E-state index contributed by atoms with van der Waals surface area (Å²) in [5.74, 6) is -0.430. The predicted molar refractivity (Wildman–Crippen MR) is 118 cm³/mol. The molecule has 0 radical (unpaired) electrons. The van der Waals surface area contributed by atoms with Crippen LogP contribution in [0.3, 0.4) is 0 Å². The maximum Gasteiger partial charge on any atom is 0.328 e. The summed E-state index contributed by atoms with van der Waals surface area (Å²) >= 11 is 0. The van der Waals surface area contributed by atoms with Crippen LogP contribution in [-0.2, 0) is 11.2 Å². The lowest BCUT2D eigenvalue weighted by molar-refractivity contribution is -0.140. The van der Waals surface area contributed by atoms with Gasteiger partial charge in [0.2, 0.25) is 0 Å². The van der Waals surface area contributed by atoms with Gasteiger partial charge in [-0.2, -0.15) is 0 Å². The molecule has 0 unspecified atom stereocenters. The molecule has 2 N–H and O–H groups in total. The molecule has 5 nitrogen and oxygen atoms in total. The fraction of sp³-hybridized carbons (Fsp3) is 0.120. The van der Waals surface area contributed by atoms with E-state index in [1.54, 1.807) is 6.07 Å². The molecule has 2 heterocycles. The zero-order chi connectivity index (χ0) is 20.7. The second-order valence-electron chi connectivity index (χ2n) is 7.52. The number of anilines is 1. The summed E-state index contributed by atoms with van der Waals surface area (Å²) in [7, 11) is 0. The van der Waals surface area contributed by atoms with Crippen LogP contribution in [0.1, 0.15) is 17.2 Å². The van der Waals surface area contributed by atoms with Gasteiger partial charge < -0.3 is 10.4 Å². The molecule has 0 aliphatic carbocycles. The molecule has 30 heavy (non-hydrogen) atoms. The Labute approximate surface area is 173 Å². The van der Waals surface area contributed by atoms with Crippen LogP contribution in [0, 0.1) is 0 Å². The van der Waals surface area contributed by atoms with Crippen LogP contribution >= 0.6 is 0 Å². The Balaban J connectivity index is 1.74. The highest BCUT2D eigenvalue weighted by Gasteiger charge is 2.32. The highest BCUT2D eigenvalue weighted by molar-refractivity contribution is 5.87. The van der Waals surface area contributed by atoms with Crippen LogP contribution in [0.4, 0.5) is 5.82 Å². The smallest absolute Gasteiger partial charge is 0.328 e. The van der Waals surface area contributed by atoms with Gasteiger partial charge in [-0.1, -0.05) is 72.8 Å². The second kappa shape index (κ2) is 7.19. The first kappa shape index (κ1) is 18.2. The minimum absolute atomic E-state index is 0.197. The average Bonchev–Trinajstić information content (AvgIpc) is 3.21. The van der Waals surface area contributed by atoms with Gasteiger partial charge in [-0.05, 0) is 33.9 Å². The van der Waals surface area contributed by atoms with Gasteiger partial charge in [0.15, 0.2) is 6.04 Å². The third kappa shape index (κ3) is 2.95. The fourth-order valence-electron chi connectivity index (χ4n) is 4.36. The summed E-state index contributed by atoms with van der Waals surface area (Å²) in [5.41, 5.74) is 3.55. The van der Waals surface area contributed by atoms with E-state index in [0.29, 0.717) is 12.2 Å². The van der Waals surface area contributed by atoms with Gasteiger partial charge in [-0.25, -0.2) is 4.79 Å². The number of carboxylic acids is 1. The third-order valence-electron chi connectivity index (χ3n) is 5.72. The van der Waals surface area contributed by atoms with Crippen molar-refractivity contribution in [3.05, 3.63) is 100 Å². The lowest BCUT2D eigenvalue weighted by Crippen LogP contribution is -2.28. The van der Waals surface area contributed by atoms with Crippen LogP contribution in [0.15, 0.2) is 83.7 Å². The lowest BCUT2D eigenvalue weighted by Gasteiger charge is -2.17. The van der Waals surface area contributed by atoms with Crippen molar-refractivity contribution in [3.8, 4) is 11.1 Å². The number of nitrogens with one attached hydrogen (secondary N) is 1. The number of hydrogen-bond donors (Lipinski definition) is 2. The first-order valence-electron chi connectivity index (χ1n) is 9.90. The van der Waals surface area contributed by atoms with Crippen molar-refractivity contribution in [2.24, 2.45) is 0 Å². The van der Waals surface area contributed by atoms with Gasteiger partial charge in [0, 0.05) is 18.2 Å². The van der Waals surface area contributed by atoms with Gasteiger partial charge in [0.1, 0.15) is 5.82 Å². The molecule has 0 saturated heterocycles. The van der Waals surface area contributed by atoms with E-state index in [2.05, 4.69) is 29.6 Å². The number of nitrogens with zero attached hydrogens (tertiary/aromatic N) is 1. The Hall–Kier alpha value is -3.86. The molecule has 148 valence electrons. The molecule has 5 heteroatoms. The number of benzene rings is 3. The van der Waals surface area contributed by atoms with Crippen molar-refractivity contribution in [1.29, 1.82) is 0 Å². The van der Waals surface area contributed by atoms with E-state index in [1.165, 1.54) is 4.57 Å². The van der Waals surface area contributed by atoms with Crippen molar-refractivity contribution in [2.75, 3.05) is 11.9 Å². The molecule has 0 bridgehead atoms. The molecule has 0 fully saturated rings. The number of fused-ring (bicyclic) bond motifs is 2. The third-order valence-corrected chi connectivity index (χ3v) is 5.72. The zero-order valence-corrected chi connectivity index (χ0v) is 16.2. The number of aromatic nitrogens is 1. The lowest BCUT2D eigenvalue weighted by atomic mass is 9.93. The molecule has 0 spiro atoms. The molecule has 4 aromatic rings. The molecule has 3 aromatic carbocycles.